The lowest BCUT2D eigenvalue weighted by Gasteiger charge is -2.21. The van der Waals surface area contributed by atoms with Gasteiger partial charge in [0.1, 0.15) is 5.75 Å². The Morgan fingerprint density at radius 2 is 1.67 bits per heavy atom. The number of alkyl halides is 3. The Labute approximate surface area is 157 Å². The van der Waals surface area contributed by atoms with Crippen molar-refractivity contribution >= 4 is 11.6 Å². The lowest BCUT2D eigenvalue weighted by atomic mass is 9.87. The van der Waals surface area contributed by atoms with E-state index in [2.05, 4.69) is 26.1 Å². The lowest BCUT2D eigenvalue weighted by molar-refractivity contribution is -0.137. The fourth-order valence-electron chi connectivity index (χ4n) is 2.52. The van der Waals surface area contributed by atoms with E-state index >= 15 is 0 Å². The predicted octanol–water partition coefficient (Wildman–Crippen LogP) is 5.80. The highest BCUT2D eigenvalue weighted by atomic mass is 19.4. The normalized spacial score (nSPS) is 13.1. The molecule has 6 heteroatoms. The summed E-state index contributed by atoms with van der Waals surface area (Å²) in [6.07, 6.45) is -4.89. The highest BCUT2D eigenvalue weighted by Gasteiger charge is 2.30. The van der Waals surface area contributed by atoms with Crippen molar-refractivity contribution in [3.8, 4) is 5.75 Å². The van der Waals surface area contributed by atoms with E-state index in [0.717, 1.165) is 17.7 Å². The Morgan fingerprint density at radius 3 is 2.19 bits per heavy atom. The van der Waals surface area contributed by atoms with Gasteiger partial charge in [0.15, 0.2) is 6.10 Å². The second kappa shape index (κ2) is 8.03. The summed E-state index contributed by atoms with van der Waals surface area (Å²) >= 11 is 0. The van der Waals surface area contributed by atoms with Gasteiger partial charge in [-0.15, -0.1) is 0 Å². The molecule has 146 valence electrons. The van der Waals surface area contributed by atoms with Crippen LogP contribution in [0.1, 0.15) is 45.2 Å². The molecule has 0 saturated carbocycles. The molecule has 0 saturated heterocycles. The van der Waals surface area contributed by atoms with E-state index in [9.17, 15) is 18.0 Å². The maximum absolute atomic E-state index is 12.8. The molecule has 0 aliphatic heterocycles. The molecule has 0 unspecified atom stereocenters. The smallest absolute Gasteiger partial charge is 0.416 e. The zero-order valence-corrected chi connectivity index (χ0v) is 15.9. The number of nitrogens with one attached hydrogen (secondary N) is 1. The van der Waals surface area contributed by atoms with Crippen LogP contribution in [0, 0.1) is 0 Å². The summed E-state index contributed by atoms with van der Waals surface area (Å²) < 4.78 is 44.1. The Kier molecular flexibility index (Phi) is 6.19. The number of hydrogen-bond donors (Lipinski definition) is 1. The van der Waals surface area contributed by atoms with Gasteiger partial charge in [-0.1, -0.05) is 45.9 Å². The third-order valence-electron chi connectivity index (χ3n) is 4.12. The molecule has 0 heterocycles. The topological polar surface area (TPSA) is 38.3 Å². The first-order valence-electron chi connectivity index (χ1n) is 8.76. The third-order valence-corrected chi connectivity index (χ3v) is 4.12. The van der Waals surface area contributed by atoms with Crippen molar-refractivity contribution < 1.29 is 22.7 Å². The molecule has 0 aromatic heterocycles. The van der Waals surface area contributed by atoms with Gasteiger partial charge in [-0.2, -0.15) is 13.2 Å². The number of rotatable bonds is 5. The minimum absolute atomic E-state index is 0.00353. The van der Waals surface area contributed by atoms with Crippen LogP contribution in [0.4, 0.5) is 18.9 Å². The Hall–Kier alpha value is -2.50. The third kappa shape index (κ3) is 5.74. The van der Waals surface area contributed by atoms with Crippen LogP contribution in [0.3, 0.4) is 0 Å². The zero-order valence-electron chi connectivity index (χ0n) is 15.9. The van der Waals surface area contributed by atoms with E-state index in [1.807, 2.05) is 12.1 Å². The Bertz CT molecular complexity index is 777. The number of benzene rings is 2. The molecule has 0 radical (unpaired) electrons. The molecule has 1 atom stereocenters. The number of anilines is 1. The second-order valence-corrected chi connectivity index (χ2v) is 7.36. The number of halogens is 3. The Morgan fingerprint density at radius 1 is 1.04 bits per heavy atom. The van der Waals surface area contributed by atoms with Crippen molar-refractivity contribution in [1.82, 2.24) is 0 Å². The first-order valence-corrected chi connectivity index (χ1v) is 8.76. The molecular formula is C21H24F3NO2. The largest absolute Gasteiger partial charge is 0.481 e. The highest BCUT2D eigenvalue weighted by molar-refractivity contribution is 5.94. The molecular weight excluding hydrogens is 355 g/mol. The number of hydrogen-bond acceptors (Lipinski definition) is 2. The number of carbonyl (C=O) groups excluding carboxylic acids is 1. The molecule has 1 N–H and O–H groups in total. The molecule has 1 amide bonds. The summed E-state index contributed by atoms with van der Waals surface area (Å²) in [6.45, 7) is 8.07. The standard InChI is InChI=1S/C21H24F3NO2/c1-5-18(27-17-11-9-14(10-12-17)20(2,3)4)19(26)25-16-8-6-7-15(13-16)21(22,23)24/h6-13,18H,5H2,1-4H3,(H,25,26)/t18-/m1/s1. The maximum Gasteiger partial charge on any atom is 0.416 e. The number of carbonyl (C=O) groups is 1. The Balaban J connectivity index is 2.08. The second-order valence-electron chi connectivity index (χ2n) is 7.36. The van der Waals surface area contributed by atoms with Crippen molar-refractivity contribution in [3.05, 3.63) is 59.7 Å². The molecule has 0 aliphatic rings. The molecule has 0 bridgehead atoms. The molecule has 2 rings (SSSR count). The highest BCUT2D eigenvalue weighted by Crippen LogP contribution is 2.31. The van der Waals surface area contributed by atoms with Gasteiger partial charge >= 0.3 is 6.18 Å². The van der Waals surface area contributed by atoms with E-state index < -0.39 is 23.8 Å². The molecule has 2 aromatic rings. The van der Waals surface area contributed by atoms with Crippen LogP contribution in [0.2, 0.25) is 0 Å². The van der Waals surface area contributed by atoms with Crippen molar-refractivity contribution in [3.63, 3.8) is 0 Å². The summed E-state index contributed by atoms with van der Waals surface area (Å²) in [5, 5.41) is 2.50. The van der Waals surface area contributed by atoms with E-state index in [-0.39, 0.29) is 11.1 Å². The first kappa shape index (κ1) is 20.8. The molecule has 3 nitrogen and oxygen atoms in total. The lowest BCUT2D eigenvalue weighted by Crippen LogP contribution is -2.32. The van der Waals surface area contributed by atoms with Crippen molar-refractivity contribution in [2.24, 2.45) is 0 Å². The average Bonchev–Trinajstić information content (AvgIpc) is 2.58. The van der Waals surface area contributed by atoms with E-state index in [4.69, 9.17) is 4.74 Å². The average molecular weight is 379 g/mol. The molecule has 0 aliphatic carbocycles. The van der Waals surface area contributed by atoms with Gasteiger partial charge in [0.05, 0.1) is 5.56 Å². The maximum atomic E-state index is 12.8. The van der Waals surface area contributed by atoms with Crippen molar-refractivity contribution in [2.75, 3.05) is 5.32 Å². The van der Waals surface area contributed by atoms with Crippen LogP contribution in [0.25, 0.3) is 0 Å². The van der Waals surface area contributed by atoms with Crippen LogP contribution in [-0.2, 0) is 16.4 Å². The van der Waals surface area contributed by atoms with Crippen LogP contribution in [0.5, 0.6) is 5.75 Å². The number of ether oxygens (including phenoxy) is 1. The van der Waals surface area contributed by atoms with E-state index in [1.54, 1.807) is 19.1 Å². The van der Waals surface area contributed by atoms with Gasteiger partial charge < -0.3 is 10.1 Å². The van der Waals surface area contributed by atoms with Crippen LogP contribution in [-0.4, -0.2) is 12.0 Å². The van der Waals surface area contributed by atoms with Gasteiger partial charge in [-0.25, -0.2) is 0 Å². The first-order chi connectivity index (χ1) is 12.5. The van der Waals surface area contributed by atoms with Crippen LogP contribution < -0.4 is 10.1 Å². The summed E-state index contributed by atoms with van der Waals surface area (Å²) in [6, 6.07) is 12.0. The fraction of sp³-hybridized carbons (Fsp3) is 0.381. The summed E-state index contributed by atoms with van der Waals surface area (Å²) in [5.74, 6) is 0.0470. The van der Waals surface area contributed by atoms with Gasteiger partial charge in [0, 0.05) is 5.69 Å². The van der Waals surface area contributed by atoms with Crippen molar-refractivity contribution in [1.29, 1.82) is 0 Å². The number of amides is 1. The summed E-state index contributed by atoms with van der Waals surface area (Å²) in [4.78, 5) is 12.4. The predicted molar refractivity (Wildman–Crippen MR) is 99.9 cm³/mol. The zero-order chi connectivity index (χ0) is 20.2. The fourth-order valence-corrected chi connectivity index (χ4v) is 2.52. The molecule has 0 fully saturated rings. The van der Waals surface area contributed by atoms with Gasteiger partial charge in [0.25, 0.3) is 5.91 Å². The molecule has 0 spiro atoms. The van der Waals surface area contributed by atoms with Gasteiger partial charge in [0.2, 0.25) is 0 Å². The van der Waals surface area contributed by atoms with Crippen molar-refractivity contribution in [2.45, 2.75) is 51.8 Å². The quantitative estimate of drug-likeness (QED) is 0.713. The van der Waals surface area contributed by atoms with E-state index in [1.165, 1.54) is 12.1 Å². The van der Waals surface area contributed by atoms with Gasteiger partial charge in [-0.3, -0.25) is 4.79 Å². The minimum Gasteiger partial charge on any atom is -0.481 e. The van der Waals surface area contributed by atoms with E-state index in [0.29, 0.717) is 12.2 Å². The van der Waals surface area contributed by atoms with Gasteiger partial charge in [-0.05, 0) is 47.7 Å². The molecule has 2 aromatic carbocycles. The summed E-state index contributed by atoms with van der Waals surface area (Å²) in [7, 11) is 0. The van der Waals surface area contributed by atoms with Crippen LogP contribution in [0.15, 0.2) is 48.5 Å². The van der Waals surface area contributed by atoms with Crippen LogP contribution >= 0.6 is 0 Å². The minimum atomic E-state index is -4.46. The monoisotopic (exact) mass is 379 g/mol. The summed E-state index contributed by atoms with van der Waals surface area (Å²) in [5.41, 5.74) is 0.409. The molecule has 27 heavy (non-hydrogen) atoms. The SMILES string of the molecule is CC[C@@H](Oc1ccc(C(C)(C)C)cc1)C(=O)Nc1cccc(C(F)(F)F)c1.